The molecule has 574 valence electrons. The standard InChI is InChI=1S/C73H118N16O14/c1-45(2)24-26-53-55(42-90)61(102-35-15-21-52(93)39-50(19-13-33-87-73(82)83)69(99)89-57(23-7-9-29-75)59(95)37-48(43-100-44-91)17-11-31-85-71(78)79)41-62-64(53)67(97)65-63(103-62)40-60(54(66(65)96)27-25-46(3)4)101-34-14-20-51(92)38-49(18-12-32-86-72(80)81)68(98)88-56(22-6-8-28-74)58(94)36-47(5)16-10-30-84-70(76)77/h24-25,40-41,44,47-50,56-57,90,96H,6-23,26-39,42-43,74-75H2,1-5H3,(H,88,98)(H,89,99)(H4,76,77,84)(H4,78,79,85)(H4,80,81,86)(H4,82,83,87)/p+1/t47?,48?,49-,50-,56+,57+/m0/s1. The number of guanidine groups is 4. The van der Waals surface area contributed by atoms with Gasteiger partial charge in [-0.2, -0.15) is 0 Å². The average molecular weight is 1440 g/mol. The maximum Gasteiger partial charge on any atom is 0.293 e. The Hall–Kier alpha value is -9.16. The van der Waals surface area contributed by atoms with Crippen molar-refractivity contribution in [3.05, 3.63) is 62.3 Å². The van der Waals surface area contributed by atoms with Crippen LogP contribution in [0.1, 0.15) is 193 Å². The molecule has 3 aromatic rings. The second-order valence-electron chi connectivity index (χ2n) is 26.9. The fourth-order valence-electron chi connectivity index (χ4n) is 12.0. The van der Waals surface area contributed by atoms with Crippen LogP contribution in [0.5, 0.6) is 17.2 Å². The molecule has 0 saturated heterocycles. The quantitative estimate of drug-likeness (QED) is 0.00956. The Morgan fingerprint density at radius 1 is 0.573 bits per heavy atom. The molecule has 2 unspecified atom stereocenters. The largest absolute Gasteiger partial charge is 0.507 e. The molecule has 3 rings (SSSR count). The number of hydrogen-bond donors (Lipinski definition) is 14. The first-order valence-electron chi connectivity index (χ1n) is 36.0. The molecular formula is C73H119N16O14+. The minimum atomic E-state index is -0.902. The summed E-state index contributed by atoms with van der Waals surface area (Å²) in [5, 5.41) is 29.1. The van der Waals surface area contributed by atoms with Gasteiger partial charge < -0.3 is 96.8 Å². The van der Waals surface area contributed by atoms with Gasteiger partial charge in [0.15, 0.2) is 35.4 Å². The van der Waals surface area contributed by atoms with E-state index in [4.69, 9.17) is 70.2 Å². The molecular weight excluding hydrogens is 1320 g/mol. The summed E-state index contributed by atoms with van der Waals surface area (Å²) >= 11 is 0. The number of carbonyl (C=O) groups is 7. The maximum atomic E-state index is 15.0. The molecule has 30 heteroatoms. The summed E-state index contributed by atoms with van der Waals surface area (Å²) in [6.45, 7) is 11.3. The number of carbonyl (C=O) groups excluding carboxylic acids is 7. The van der Waals surface area contributed by atoms with Crippen LogP contribution in [-0.2, 0) is 57.7 Å². The van der Waals surface area contributed by atoms with Gasteiger partial charge in [0.25, 0.3) is 6.47 Å². The van der Waals surface area contributed by atoms with E-state index in [1.807, 2.05) is 46.8 Å². The molecule has 0 fully saturated rings. The number of phenols is 1. The first kappa shape index (κ1) is 88.1. The number of aliphatic imine (C=N–C) groups is 4. The number of aliphatic hydroxyl groups is 1. The zero-order chi connectivity index (χ0) is 76.4. The number of phenolic OH excluding ortho intramolecular Hbond substituents is 1. The van der Waals surface area contributed by atoms with Crippen LogP contribution in [0.3, 0.4) is 0 Å². The molecule has 0 radical (unpaired) electrons. The summed E-state index contributed by atoms with van der Waals surface area (Å²) in [5.41, 5.74) is 56.2. The van der Waals surface area contributed by atoms with Crippen molar-refractivity contribution in [2.45, 2.75) is 207 Å². The van der Waals surface area contributed by atoms with Crippen molar-refractivity contribution in [1.29, 1.82) is 0 Å². The molecule has 30 nitrogen and oxygen atoms in total. The molecule has 2 amide bonds. The number of aromatic hydroxyl groups is 1. The number of Topliss-reactive ketones (excluding diaryl/α,β-unsaturated/α-hetero) is 4. The third kappa shape index (κ3) is 33.7. The van der Waals surface area contributed by atoms with Gasteiger partial charge in [0.1, 0.15) is 45.4 Å². The van der Waals surface area contributed by atoms with Crippen molar-refractivity contribution in [1.82, 2.24) is 10.6 Å². The van der Waals surface area contributed by atoms with E-state index in [1.54, 1.807) is 0 Å². The average Bonchev–Trinajstić information content (AvgIpc) is 0.736. The molecule has 0 bridgehead atoms. The van der Waals surface area contributed by atoms with Crippen LogP contribution in [0.2, 0.25) is 0 Å². The Bertz CT molecular complexity index is 3470. The molecule has 25 N–H and O–H groups in total. The first-order chi connectivity index (χ1) is 49.1. The normalized spacial score (nSPS) is 12.9. The van der Waals surface area contributed by atoms with E-state index in [0.29, 0.717) is 115 Å². The number of allylic oxidation sites excluding steroid dienone is 4. The Kier molecular flexibility index (Phi) is 41.6. The zero-order valence-corrected chi connectivity index (χ0v) is 61.4. The van der Waals surface area contributed by atoms with Gasteiger partial charge in [-0.15, -0.1) is 0 Å². The minimum Gasteiger partial charge on any atom is -0.507 e. The number of fused-ring (bicyclic) bond motifs is 2. The SMILES string of the molecule is CC(C)=CCc1c(OCCCC(=O)C[C@H](CCCN=C(N)N)C(=O)N[C@H](CCCCN)C(=O)CC(C)CCCN=C(N)N)cc2oc3cc(OCCCC(=O)C[C@H](CCCN=C(N)N)C(=O)N[C@H](CCCC[NH3+])C(=O)CC(CCCN=C(N)N)COC=O)c(CO)c(CC=C(C)C)c3c(=O)c2c1O. The summed E-state index contributed by atoms with van der Waals surface area (Å²) in [5.74, 6) is -4.21. The van der Waals surface area contributed by atoms with Crippen LogP contribution in [-0.4, -0.2) is 147 Å². The lowest BCUT2D eigenvalue weighted by atomic mass is 9.91. The van der Waals surface area contributed by atoms with Crippen molar-refractivity contribution < 1.29 is 68.1 Å². The number of hydrogen-bond acceptors (Lipinski definition) is 19. The second-order valence-corrected chi connectivity index (χ2v) is 26.9. The van der Waals surface area contributed by atoms with Gasteiger partial charge in [0.2, 0.25) is 17.2 Å². The number of aliphatic hydroxyl groups excluding tert-OH is 1. The zero-order valence-electron chi connectivity index (χ0n) is 61.4. The van der Waals surface area contributed by atoms with Crippen LogP contribution in [0.25, 0.3) is 21.9 Å². The lowest BCUT2D eigenvalue weighted by molar-refractivity contribution is -0.368. The van der Waals surface area contributed by atoms with E-state index in [1.165, 1.54) is 12.1 Å². The van der Waals surface area contributed by atoms with Crippen molar-refractivity contribution >= 4 is 87.2 Å². The molecule has 0 aliphatic rings. The Balaban J connectivity index is 1.95. The summed E-state index contributed by atoms with van der Waals surface area (Å²) in [6, 6.07) is 1.31. The number of benzene rings is 2. The highest BCUT2D eigenvalue weighted by Crippen LogP contribution is 2.40. The Morgan fingerprint density at radius 2 is 1.02 bits per heavy atom. The van der Waals surface area contributed by atoms with Crippen LogP contribution in [0, 0.1) is 23.7 Å². The van der Waals surface area contributed by atoms with Gasteiger partial charge in [0.05, 0.1) is 50.4 Å². The lowest BCUT2D eigenvalue weighted by Gasteiger charge is -2.24. The lowest BCUT2D eigenvalue weighted by Crippen LogP contribution is -2.50. The Morgan fingerprint density at radius 3 is 1.48 bits per heavy atom. The van der Waals surface area contributed by atoms with Gasteiger partial charge >= 0.3 is 0 Å². The number of amides is 2. The number of unbranched alkanes of at least 4 members (excludes halogenated alkanes) is 2. The predicted molar refractivity (Wildman–Crippen MR) is 401 cm³/mol. The fraction of sp³-hybridized carbons (Fsp3) is 0.616. The third-order valence-corrected chi connectivity index (χ3v) is 17.5. The number of nitrogens with zero attached hydrogens (tertiary/aromatic N) is 4. The first-order valence-corrected chi connectivity index (χ1v) is 36.0. The number of quaternary nitrogens is 1. The van der Waals surface area contributed by atoms with Gasteiger partial charge in [0, 0.05) is 106 Å². The van der Waals surface area contributed by atoms with Crippen LogP contribution in [0.4, 0.5) is 0 Å². The van der Waals surface area contributed by atoms with Crippen molar-refractivity contribution in [2.75, 3.05) is 59.1 Å². The van der Waals surface area contributed by atoms with Crippen LogP contribution in [0.15, 0.2) is 64.6 Å². The molecule has 0 aliphatic heterocycles. The summed E-state index contributed by atoms with van der Waals surface area (Å²) in [6.07, 6.45) is 11.1. The van der Waals surface area contributed by atoms with E-state index >= 15 is 4.79 Å². The summed E-state index contributed by atoms with van der Waals surface area (Å²) < 4.78 is 24.3. The minimum absolute atomic E-state index is 0.00459. The topological polar surface area (TPSA) is 553 Å². The number of ketones is 4. The van der Waals surface area contributed by atoms with Crippen molar-refractivity contribution in [3.8, 4) is 17.2 Å². The van der Waals surface area contributed by atoms with Gasteiger partial charge in [-0.05, 0) is 161 Å². The molecule has 6 atom stereocenters. The van der Waals surface area contributed by atoms with Crippen molar-refractivity contribution in [2.24, 2.45) is 95.2 Å². The smallest absolute Gasteiger partial charge is 0.293 e. The van der Waals surface area contributed by atoms with E-state index in [2.05, 4.69) is 36.3 Å². The molecule has 0 saturated carbocycles. The fourth-order valence-corrected chi connectivity index (χ4v) is 12.0. The van der Waals surface area contributed by atoms with E-state index in [9.17, 15) is 43.8 Å². The molecule has 0 aliphatic carbocycles. The highest BCUT2D eigenvalue weighted by atomic mass is 16.5. The van der Waals surface area contributed by atoms with Crippen LogP contribution < -0.4 is 82.9 Å². The molecule has 1 heterocycles. The maximum absolute atomic E-state index is 15.0. The van der Waals surface area contributed by atoms with Gasteiger partial charge in [-0.1, -0.05) is 30.2 Å². The van der Waals surface area contributed by atoms with E-state index in [-0.39, 0.29) is 219 Å². The van der Waals surface area contributed by atoms with Crippen LogP contribution >= 0.6 is 0 Å². The van der Waals surface area contributed by atoms with E-state index in [0.717, 1.165) is 11.1 Å². The third-order valence-electron chi connectivity index (χ3n) is 17.5. The van der Waals surface area contributed by atoms with Crippen molar-refractivity contribution in [3.63, 3.8) is 0 Å². The highest BCUT2D eigenvalue weighted by Gasteiger charge is 2.31. The van der Waals surface area contributed by atoms with Gasteiger partial charge in [-0.3, -0.25) is 58.3 Å². The monoisotopic (exact) mass is 1440 g/mol. The molecule has 1 aromatic heterocycles. The Labute approximate surface area is 604 Å². The molecule has 0 spiro atoms. The number of rotatable bonds is 56. The summed E-state index contributed by atoms with van der Waals surface area (Å²) in [7, 11) is 0. The second kappa shape index (κ2) is 48.7. The summed E-state index contributed by atoms with van der Waals surface area (Å²) in [4.78, 5) is 126. The number of ether oxygens (including phenoxy) is 3. The highest BCUT2D eigenvalue weighted by molar-refractivity contribution is 5.98. The number of nitrogens with one attached hydrogen (secondary N) is 2. The number of nitrogens with two attached hydrogens (primary N) is 9. The van der Waals surface area contributed by atoms with Gasteiger partial charge in [-0.25, -0.2) is 0 Å². The molecule has 2 aromatic carbocycles. The molecule has 103 heavy (non-hydrogen) atoms. The van der Waals surface area contributed by atoms with E-state index < -0.39 is 47.8 Å². The predicted octanol–water partition coefficient (Wildman–Crippen LogP) is 3.70.